The molecule has 7 heteroatoms. The van der Waals surface area contributed by atoms with Crippen molar-refractivity contribution in [3.05, 3.63) is 35.1 Å². The minimum absolute atomic E-state index is 0.144. The maximum Gasteiger partial charge on any atom is 0.338 e. The smallest absolute Gasteiger partial charge is 0.338 e. The van der Waals surface area contributed by atoms with Gasteiger partial charge in [-0.3, -0.25) is 0 Å². The molecule has 2 aromatic rings. The van der Waals surface area contributed by atoms with E-state index in [1.165, 1.54) is 0 Å². The van der Waals surface area contributed by atoms with Crippen LogP contribution in [0.1, 0.15) is 21.8 Å². The summed E-state index contributed by atoms with van der Waals surface area (Å²) < 4.78 is 18.2. The molecule has 0 aliphatic rings. The van der Waals surface area contributed by atoms with Crippen LogP contribution in [0, 0.1) is 19.7 Å². The Morgan fingerprint density at radius 1 is 1.50 bits per heavy atom. The minimum atomic E-state index is -1.25. The van der Waals surface area contributed by atoms with Crippen molar-refractivity contribution in [2.45, 2.75) is 24.1 Å². The quantitative estimate of drug-likeness (QED) is 0.922. The van der Waals surface area contributed by atoms with Crippen molar-refractivity contribution in [3.63, 3.8) is 0 Å². The number of hydrogen-bond acceptors (Lipinski definition) is 5. The average Bonchev–Trinajstić information content (AvgIpc) is 2.60. The van der Waals surface area contributed by atoms with E-state index in [1.54, 1.807) is 13.8 Å². The molecule has 0 aliphatic heterocycles. The number of carbonyl (C=O) groups is 1. The lowest BCUT2D eigenvalue weighted by atomic mass is 10.3. The molecule has 2 aromatic heterocycles. The van der Waals surface area contributed by atoms with Crippen LogP contribution in [0.5, 0.6) is 0 Å². The fourth-order valence-corrected chi connectivity index (χ4v) is 2.11. The van der Waals surface area contributed by atoms with Gasteiger partial charge in [-0.2, -0.15) is 0 Å². The Morgan fingerprint density at radius 3 is 2.78 bits per heavy atom. The van der Waals surface area contributed by atoms with Crippen LogP contribution in [-0.4, -0.2) is 21.0 Å². The third-order valence-electron chi connectivity index (χ3n) is 2.24. The summed E-state index contributed by atoms with van der Waals surface area (Å²) in [5.41, 5.74) is 0.505. The second kappa shape index (κ2) is 4.77. The van der Waals surface area contributed by atoms with Crippen LogP contribution in [0.2, 0.25) is 0 Å². The van der Waals surface area contributed by atoms with Crippen LogP contribution in [-0.2, 0) is 0 Å². The summed E-state index contributed by atoms with van der Waals surface area (Å²) >= 11 is 0.950. The fourth-order valence-electron chi connectivity index (χ4n) is 1.23. The maximum atomic E-state index is 12.9. The Morgan fingerprint density at radius 2 is 2.22 bits per heavy atom. The molecule has 0 bridgehead atoms. The third-order valence-corrected chi connectivity index (χ3v) is 3.11. The van der Waals surface area contributed by atoms with Crippen molar-refractivity contribution < 1.29 is 18.7 Å². The number of nitrogens with zero attached hydrogens (tertiary/aromatic N) is 2. The summed E-state index contributed by atoms with van der Waals surface area (Å²) in [4.78, 5) is 18.8. The van der Waals surface area contributed by atoms with Gasteiger partial charge in [0.2, 0.25) is 0 Å². The molecular weight excluding hydrogens is 259 g/mol. The van der Waals surface area contributed by atoms with Gasteiger partial charge in [0, 0.05) is 0 Å². The first-order valence-corrected chi connectivity index (χ1v) is 5.79. The van der Waals surface area contributed by atoms with Gasteiger partial charge in [0.15, 0.2) is 0 Å². The van der Waals surface area contributed by atoms with E-state index in [4.69, 9.17) is 9.52 Å². The molecule has 0 amide bonds. The molecule has 0 aromatic carbocycles. The zero-order valence-electron chi connectivity index (χ0n) is 9.60. The molecule has 0 atom stereocenters. The van der Waals surface area contributed by atoms with Crippen LogP contribution in [0.4, 0.5) is 4.39 Å². The predicted octanol–water partition coefficient (Wildman–Crippen LogP) is 2.67. The highest BCUT2D eigenvalue weighted by Crippen LogP contribution is 2.29. The molecule has 0 fully saturated rings. The van der Waals surface area contributed by atoms with E-state index in [0.717, 1.165) is 29.7 Å². The van der Waals surface area contributed by atoms with E-state index in [2.05, 4.69) is 9.97 Å². The van der Waals surface area contributed by atoms with Crippen molar-refractivity contribution in [3.8, 4) is 0 Å². The van der Waals surface area contributed by atoms with E-state index < -0.39 is 11.8 Å². The van der Waals surface area contributed by atoms with E-state index in [9.17, 15) is 9.18 Å². The molecule has 94 valence electrons. The number of hydrogen-bond donors (Lipinski definition) is 1. The SMILES string of the molecule is Cc1nc(Sc2ncc(F)cc2C(=O)O)oc1C. The van der Waals surface area contributed by atoms with E-state index >= 15 is 0 Å². The molecule has 2 rings (SSSR count). The van der Waals surface area contributed by atoms with Gasteiger partial charge in [0.1, 0.15) is 16.6 Å². The largest absolute Gasteiger partial charge is 0.478 e. The summed E-state index contributed by atoms with van der Waals surface area (Å²) in [6, 6.07) is 0.917. The molecular formula is C11H9FN2O3S. The Kier molecular flexibility index (Phi) is 3.33. The molecule has 2 heterocycles. The van der Waals surface area contributed by atoms with Crippen LogP contribution < -0.4 is 0 Å². The first kappa shape index (κ1) is 12.6. The van der Waals surface area contributed by atoms with E-state index in [-0.39, 0.29) is 15.8 Å². The normalized spacial score (nSPS) is 10.6. The summed E-state index contributed by atoms with van der Waals surface area (Å²) in [6.07, 6.45) is 0.956. The second-order valence-electron chi connectivity index (χ2n) is 3.53. The van der Waals surface area contributed by atoms with Crippen LogP contribution in [0.25, 0.3) is 0 Å². The number of rotatable bonds is 3. The highest BCUT2D eigenvalue weighted by Gasteiger charge is 2.17. The van der Waals surface area contributed by atoms with Gasteiger partial charge >= 0.3 is 5.97 Å². The van der Waals surface area contributed by atoms with Gasteiger partial charge in [0.25, 0.3) is 5.22 Å². The topological polar surface area (TPSA) is 76.2 Å². The molecule has 1 N–H and O–H groups in total. The number of carboxylic acid groups (broad SMARTS) is 1. The Balaban J connectivity index is 2.36. The standard InChI is InChI=1S/C11H9FN2O3S/c1-5-6(2)17-11(14-5)18-9-8(10(15)16)3-7(12)4-13-9/h3-4H,1-2H3,(H,15,16). The zero-order chi connectivity index (χ0) is 13.3. The summed E-state index contributed by atoms with van der Waals surface area (Å²) in [6.45, 7) is 3.53. The highest BCUT2D eigenvalue weighted by molar-refractivity contribution is 7.99. The van der Waals surface area contributed by atoms with Gasteiger partial charge in [0.05, 0.1) is 17.5 Å². The van der Waals surface area contributed by atoms with Crippen molar-refractivity contribution >= 4 is 17.7 Å². The Hall–Kier alpha value is -1.89. The average molecular weight is 268 g/mol. The van der Waals surface area contributed by atoms with E-state index in [1.807, 2.05) is 0 Å². The summed E-state index contributed by atoms with van der Waals surface area (Å²) in [5.74, 6) is -1.29. The molecule has 0 saturated heterocycles. The first-order valence-electron chi connectivity index (χ1n) is 4.98. The minimum Gasteiger partial charge on any atom is -0.478 e. The number of aryl methyl sites for hydroxylation is 2. The van der Waals surface area contributed by atoms with Crippen molar-refractivity contribution in [1.82, 2.24) is 9.97 Å². The lowest BCUT2D eigenvalue weighted by Gasteiger charge is -2.01. The van der Waals surface area contributed by atoms with Gasteiger partial charge in [-0.25, -0.2) is 19.2 Å². The number of pyridine rings is 1. The summed E-state index contributed by atoms with van der Waals surface area (Å²) in [5, 5.41) is 9.38. The lowest BCUT2D eigenvalue weighted by Crippen LogP contribution is -2.01. The number of aromatic carboxylic acids is 1. The van der Waals surface area contributed by atoms with Crippen LogP contribution in [0.3, 0.4) is 0 Å². The lowest BCUT2D eigenvalue weighted by molar-refractivity contribution is 0.0691. The van der Waals surface area contributed by atoms with Crippen molar-refractivity contribution in [2.75, 3.05) is 0 Å². The highest BCUT2D eigenvalue weighted by atomic mass is 32.2. The van der Waals surface area contributed by atoms with Gasteiger partial charge in [-0.05, 0) is 31.7 Å². The fraction of sp³-hybridized carbons (Fsp3) is 0.182. The van der Waals surface area contributed by atoms with E-state index in [0.29, 0.717) is 5.76 Å². The predicted molar refractivity (Wildman–Crippen MR) is 61.3 cm³/mol. The number of halogens is 1. The third kappa shape index (κ3) is 2.51. The maximum absolute atomic E-state index is 12.9. The molecule has 0 spiro atoms. The van der Waals surface area contributed by atoms with Gasteiger partial charge < -0.3 is 9.52 Å². The molecule has 5 nitrogen and oxygen atoms in total. The molecule has 18 heavy (non-hydrogen) atoms. The van der Waals surface area contributed by atoms with Gasteiger partial charge in [-0.15, -0.1) is 0 Å². The molecule has 0 aliphatic carbocycles. The monoisotopic (exact) mass is 268 g/mol. The number of aromatic nitrogens is 2. The van der Waals surface area contributed by atoms with Crippen LogP contribution in [0.15, 0.2) is 26.9 Å². The van der Waals surface area contributed by atoms with Crippen LogP contribution >= 0.6 is 11.8 Å². The first-order chi connectivity index (χ1) is 8.47. The molecule has 0 saturated carbocycles. The number of oxazole rings is 1. The van der Waals surface area contributed by atoms with Crippen molar-refractivity contribution in [1.29, 1.82) is 0 Å². The molecule has 0 radical (unpaired) electrons. The number of carboxylic acids is 1. The zero-order valence-corrected chi connectivity index (χ0v) is 10.4. The molecule has 0 unspecified atom stereocenters. The summed E-state index contributed by atoms with van der Waals surface area (Å²) in [7, 11) is 0. The Bertz CT molecular complexity index is 593. The second-order valence-corrected chi connectivity index (χ2v) is 4.47. The Labute approximate surface area is 106 Å². The van der Waals surface area contributed by atoms with Crippen molar-refractivity contribution in [2.24, 2.45) is 0 Å². The van der Waals surface area contributed by atoms with Gasteiger partial charge in [-0.1, -0.05) is 0 Å².